The third-order valence-electron chi connectivity index (χ3n) is 9.36. The van der Waals surface area contributed by atoms with E-state index in [-0.39, 0.29) is 25.6 Å². The molecule has 0 amide bonds. The highest BCUT2D eigenvalue weighted by atomic mass is 16.7. The Morgan fingerprint density at radius 1 is 0.600 bits per heavy atom. The van der Waals surface area contributed by atoms with Crippen molar-refractivity contribution in [2.24, 2.45) is 0 Å². The first kappa shape index (κ1) is 50.6. The van der Waals surface area contributed by atoms with Crippen LogP contribution in [0.15, 0.2) is 72.9 Å². The minimum absolute atomic E-state index is 0.123. The second-order valence-electron chi connectivity index (χ2n) is 14.4. The Morgan fingerprint density at radius 3 is 1.67 bits per heavy atom. The number of carbonyl (C=O) groups excluding carboxylic acids is 1. The summed E-state index contributed by atoms with van der Waals surface area (Å²) in [6, 6.07) is 0. The number of aliphatic hydroxyl groups excluding tert-OH is 4. The molecule has 0 radical (unpaired) electrons. The quantitative estimate of drug-likeness (QED) is 0.0282. The lowest BCUT2D eigenvalue weighted by Gasteiger charge is -2.39. The first-order chi connectivity index (χ1) is 26.9. The zero-order valence-corrected chi connectivity index (χ0v) is 34.4. The second-order valence-corrected chi connectivity index (χ2v) is 14.4. The fourth-order valence-corrected chi connectivity index (χ4v) is 5.97. The van der Waals surface area contributed by atoms with Crippen molar-refractivity contribution < 1.29 is 44.2 Å². The minimum Gasteiger partial charge on any atom is -0.457 e. The summed E-state index contributed by atoms with van der Waals surface area (Å²) in [5.74, 6) is -0.344. The first-order valence-electron chi connectivity index (χ1n) is 21.5. The molecule has 6 unspecified atom stereocenters. The molecule has 1 fully saturated rings. The van der Waals surface area contributed by atoms with Crippen molar-refractivity contribution in [3.8, 4) is 0 Å². The molecule has 0 aliphatic carbocycles. The van der Waals surface area contributed by atoms with Crippen molar-refractivity contribution in [1.29, 1.82) is 0 Å². The number of aliphatic hydroxyl groups is 4. The SMILES string of the molecule is CC/C=C\C/C=C\C/C=C\C/C=C\CCCCCCC(=O)OC(COCCCCCCCC/C=C\C/C=C\CCCC)COC1OC(CO)C(O)C(O)C1O. The lowest BCUT2D eigenvalue weighted by atomic mass is 9.99. The summed E-state index contributed by atoms with van der Waals surface area (Å²) in [6.07, 6.45) is 40.6. The fourth-order valence-electron chi connectivity index (χ4n) is 5.97. The maximum atomic E-state index is 12.8. The number of unbranched alkanes of at least 4 members (excludes halogenated alkanes) is 12. The van der Waals surface area contributed by atoms with E-state index in [0.29, 0.717) is 6.61 Å². The van der Waals surface area contributed by atoms with Crippen LogP contribution >= 0.6 is 0 Å². The van der Waals surface area contributed by atoms with E-state index < -0.39 is 43.4 Å². The molecule has 0 aromatic rings. The van der Waals surface area contributed by atoms with E-state index in [9.17, 15) is 25.2 Å². The fraction of sp³-hybridized carbons (Fsp3) is 0.717. The van der Waals surface area contributed by atoms with Crippen LogP contribution in [0.25, 0.3) is 0 Å². The minimum atomic E-state index is -1.55. The van der Waals surface area contributed by atoms with Crippen molar-refractivity contribution in [3.63, 3.8) is 0 Å². The van der Waals surface area contributed by atoms with Gasteiger partial charge in [-0.25, -0.2) is 0 Å². The van der Waals surface area contributed by atoms with Crippen LogP contribution in [0.3, 0.4) is 0 Å². The van der Waals surface area contributed by atoms with Crippen LogP contribution in [0.1, 0.15) is 149 Å². The molecule has 4 N–H and O–H groups in total. The monoisotopic (exact) mass is 775 g/mol. The highest BCUT2D eigenvalue weighted by Crippen LogP contribution is 2.22. The topological polar surface area (TPSA) is 135 Å². The Morgan fingerprint density at radius 2 is 1.11 bits per heavy atom. The highest BCUT2D eigenvalue weighted by molar-refractivity contribution is 5.69. The number of allylic oxidation sites excluding steroid dienone is 12. The Balaban J connectivity index is 2.32. The first-order valence-corrected chi connectivity index (χ1v) is 21.5. The van der Waals surface area contributed by atoms with Crippen LogP contribution in [0.5, 0.6) is 0 Å². The molecular weight excluding hydrogens is 696 g/mol. The van der Waals surface area contributed by atoms with Crippen LogP contribution in [0, 0.1) is 0 Å². The smallest absolute Gasteiger partial charge is 0.306 e. The summed E-state index contributed by atoms with van der Waals surface area (Å²) in [7, 11) is 0. The average molecular weight is 775 g/mol. The zero-order valence-electron chi connectivity index (χ0n) is 34.4. The van der Waals surface area contributed by atoms with Crippen molar-refractivity contribution in [1.82, 2.24) is 0 Å². The summed E-state index contributed by atoms with van der Waals surface area (Å²) in [5.41, 5.74) is 0. The molecule has 0 aromatic heterocycles. The van der Waals surface area contributed by atoms with E-state index in [1.807, 2.05) is 0 Å². The summed E-state index contributed by atoms with van der Waals surface area (Å²) in [5, 5.41) is 40.1. The van der Waals surface area contributed by atoms with Gasteiger partial charge in [0.2, 0.25) is 0 Å². The van der Waals surface area contributed by atoms with E-state index in [1.165, 1.54) is 38.5 Å². The lowest BCUT2D eigenvalue weighted by molar-refractivity contribution is -0.305. The van der Waals surface area contributed by atoms with Crippen molar-refractivity contribution >= 4 is 5.97 Å². The molecule has 0 aromatic carbocycles. The number of carbonyl (C=O) groups is 1. The van der Waals surface area contributed by atoms with Crippen molar-refractivity contribution in [2.75, 3.05) is 26.4 Å². The molecule has 0 bridgehead atoms. The third-order valence-corrected chi connectivity index (χ3v) is 9.36. The third kappa shape index (κ3) is 28.6. The normalized spacial score (nSPS) is 21.5. The molecular formula is C46H78O9. The average Bonchev–Trinajstić information content (AvgIpc) is 3.18. The number of hydrogen-bond acceptors (Lipinski definition) is 9. The molecule has 55 heavy (non-hydrogen) atoms. The van der Waals surface area contributed by atoms with Gasteiger partial charge >= 0.3 is 5.97 Å². The largest absolute Gasteiger partial charge is 0.457 e. The molecule has 316 valence electrons. The van der Waals surface area contributed by atoms with Gasteiger partial charge < -0.3 is 39.4 Å². The van der Waals surface area contributed by atoms with Crippen LogP contribution in [0.2, 0.25) is 0 Å². The van der Waals surface area contributed by atoms with Crippen LogP contribution in [0.4, 0.5) is 0 Å². The number of rotatable bonds is 35. The van der Waals surface area contributed by atoms with Crippen LogP contribution < -0.4 is 0 Å². The van der Waals surface area contributed by atoms with Crippen molar-refractivity contribution in [2.45, 2.75) is 185 Å². The van der Waals surface area contributed by atoms with E-state index in [4.69, 9.17) is 18.9 Å². The summed E-state index contributed by atoms with van der Waals surface area (Å²) < 4.78 is 22.7. The predicted molar refractivity (Wildman–Crippen MR) is 224 cm³/mol. The van der Waals surface area contributed by atoms with E-state index in [2.05, 4.69) is 86.8 Å². The molecule has 9 heteroatoms. The summed E-state index contributed by atoms with van der Waals surface area (Å²) in [4.78, 5) is 12.8. The molecule has 1 rings (SSSR count). The van der Waals surface area contributed by atoms with Gasteiger partial charge in [0.25, 0.3) is 0 Å². The van der Waals surface area contributed by atoms with E-state index in [0.717, 1.165) is 89.9 Å². The molecule has 1 aliphatic rings. The van der Waals surface area contributed by atoms with Gasteiger partial charge in [0.05, 0.1) is 19.8 Å². The van der Waals surface area contributed by atoms with Gasteiger partial charge in [-0.15, -0.1) is 0 Å². The molecule has 6 atom stereocenters. The molecule has 0 saturated carbocycles. The standard InChI is InChI=1S/C46H78O9/c1-3-5-7-9-11-13-15-17-19-20-21-23-25-27-29-31-33-35-42(48)54-40(39-53-46-45(51)44(50)43(49)41(37-47)55-46)38-52-36-34-32-30-28-26-24-22-18-16-14-12-10-8-6-4-2/h5,7,10-13,16-19,21,23,40-41,43-47,49-51H,3-4,6,8-9,14-15,20,22,24-39H2,1-2H3/b7-5-,12-10-,13-11-,18-16-,19-17-,23-21-. The lowest BCUT2D eigenvalue weighted by Crippen LogP contribution is -2.59. The predicted octanol–water partition coefficient (Wildman–Crippen LogP) is 9.30. The van der Waals surface area contributed by atoms with Gasteiger partial charge in [-0.1, -0.05) is 138 Å². The maximum Gasteiger partial charge on any atom is 0.306 e. The number of esters is 1. The van der Waals surface area contributed by atoms with Crippen LogP contribution in [-0.4, -0.2) is 89.6 Å². The zero-order chi connectivity index (χ0) is 40.0. The van der Waals surface area contributed by atoms with Gasteiger partial charge in [-0.2, -0.15) is 0 Å². The van der Waals surface area contributed by atoms with Gasteiger partial charge in [0.1, 0.15) is 30.5 Å². The van der Waals surface area contributed by atoms with E-state index >= 15 is 0 Å². The van der Waals surface area contributed by atoms with Crippen molar-refractivity contribution in [3.05, 3.63) is 72.9 Å². The Kier molecular flexibility index (Phi) is 34.3. The van der Waals surface area contributed by atoms with Crippen LogP contribution in [-0.2, 0) is 23.7 Å². The summed E-state index contributed by atoms with van der Waals surface area (Å²) in [6.45, 7) is 4.33. The van der Waals surface area contributed by atoms with Gasteiger partial charge in [-0.05, 0) is 77.0 Å². The maximum absolute atomic E-state index is 12.8. The Labute approximate surface area is 334 Å². The van der Waals surface area contributed by atoms with Gasteiger partial charge in [0, 0.05) is 13.0 Å². The molecule has 1 heterocycles. The second kappa shape index (κ2) is 37.2. The van der Waals surface area contributed by atoms with E-state index in [1.54, 1.807) is 0 Å². The summed E-state index contributed by atoms with van der Waals surface area (Å²) >= 11 is 0. The highest BCUT2D eigenvalue weighted by Gasteiger charge is 2.44. The molecule has 9 nitrogen and oxygen atoms in total. The number of ether oxygens (including phenoxy) is 4. The Bertz CT molecular complexity index is 1060. The van der Waals surface area contributed by atoms with Gasteiger partial charge in [0.15, 0.2) is 6.29 Å². The number of hydrogen-bond donors (Lipinski definition) is 4. The Hall–Kier alpha value is -2.37. The van der Waals surface area contributed by atoms with Gasteiger partial charge in [-0.3, -0.25) is 4.79 Å². The molecule has 1 saturated heterocycles. The molecule has 1 aliphatic heterocycles. The molecule has 0 spiro atoms.